The van der Waals surface area contributed by atoms with E-state index in [9.17, 15) is 9.90 Å². The maximum atomic E-state index is 11.5. The average molecular weight is 384 g/mol. The summed E-state index contributed by atoms with van der Waals surface area (Å²) >= 11 is 0. The van der Waals surface area contributed by atoms with Crippen LogP contribution < -0.4 is 0 Å². The van der Waals surface area contributed by atoms with Crippen LogP contribution in [0.2, 0.25) is 0 Å². The molecule has 146 valence electrons. The highest BCUT2D eigenvalue weighted by molar-refractivity contribution is 5.96. The van der Waals surface area contributed by atoms with Gasteiger partial charge in [0.15, 0.2) is 0 Å². The third-order valence-corrected chi connectivity index (χ3v) is 5.67. The minimum absolute atomic E-state index is 0.323. The number of benzene rings is 2. The molecule has 0 aliphatic rings. The third kappa shape index (κ3) is 3.66. The van der Waals surface area contributed by atoms with E-state index in [-0.39, 0.29) is 0 Å². The normalized spacial score (nSPS) is 12.2. The molecule has 0 spiro atoms. The highest BCUT2D eigenvalue weighted by atomic mass is 16.4. The quantitative estimate of drug-likeness (QED) is 0.457. The fourth-order valence-electron chi connectivity index (χ4n) is 3.87. The molecule has 2 aromatic heterocycles. The number of carbonyl (C=O) groups is 1. The van der Waals surface area contributed by atoms with Crippen molar-refractivity contribution < 1.29 is 9.90 Å². The Balaban J connectivity index is 1.70. The molecule has 0 aliphatic heterocycles. The minimum atomic E-state index is -0.907. The number of hydrogen-bond donors (Lipinski definition) is 1. The van der Waals surface area contributed by atoms with Crippen molar-refractivity contribution in [2.24, 2.45) is 0 Å². The first kappa shape index (κ1) is 18.9. The molecule has 4 heteroatoms. The van der Waals surface area contributed by atoms with Crippen molar-refractivity contribution in [3.05, 3.63) is 95.3 Å². The number of nitrogens with zero attached hydrogens (tertiary/aromatic N) is 2. The molecule has 0 radical (unpaired) electrons. The van der Waals surface area contributed by atoms with Crippen LogP contribution in [0.1, 0.15) is 53.2 Å². The van der Waals surface area contributed by atoms with Gasteiger partial charge in [0, 0.05) is 12.4 Å². The molecule has 0 fully saturated rings. The van der Waals surface area contributed by atoms with Gasteiger partial charge in [0.05, 0.1) is 11.1 Å². The molecule has 29 heavy (non-hydrogen) atoms. The monoisotopic (exact) mass is 384 g/mol. The Kier molecular flexibility index (Phi) is 5.17. The fourth-order valence-corrected chi connectivity index (χ4v) is 3.87. The van der Waals surface area contributed by atoms with Gasteiger partial charge in [-0.1, -0.05) is 56.3 Å². The number of aromatic carboxylic acids is 1. The van der Waals surface area contributed by atoms with Crippen LogP contribution in [0.3, 0.4) is 0 Å². The zero-order valence-electron chi connectivity index (χ0n) is 16.7. The Labute approximate surface area is 170 Å². The number of carboxylic acids is 1. The van der Waals surface area contributed by atoms with Crippen LogP contribution in [-0.4, -0.2) is 20.7 Å². The molecule has 0 aliphatic carbocycles. The summed E-state index contributed by atoms with van der Waals surface area (Å²) in [7, 11) is 0. The van der Waals surface area contributed by atoms with Crippen molar-refractivity contribution >= 4 is 11.5 Å². The summed E-state index contributed by atoms with van der Waals surface area (Å²) < 4.78 is 1.93. The molecule has 4 rings (SSSR count). The van der Waals surface area contributed by atoms with Crippen molar-refractivity contribution in [2.75, 3.05) is 0 Å². The first-order valence-electron chi connectivity index (χ1n) is 9.95. The predicted octanol–water partition coefficient (Wildman–Crippen LogP) is 5.80. The second kappa shape index (κ2) is 7.92. The van der Waals surface area contributed by atoms with Gasteiger partial charge in [-0.15, -0.1) is 0 Å². The largest absolute Gasteiger partial charge is 0.478 e. The van der Waals surface area contributed by atoms with E-state index in [1.54, 1.807) is 12.1 Å². The zero-order valence-corrected chi connectivity index (χ0v) is 16.7. The number of rotatable bonds is 6. The minimum Gasteiger partial charge on any atom is -0.478 e. The SMILES string of the molecule is CCC(C)c1ccn2nccc2c1Cc1ccc(-c2ccccc2C(=O)O)cc1. The van der Waals surface area contributed by atoms with Crippen molar-refractivity contribution in [1.82, 2.24) is 9.61 Å². The number of fused-ring (bicyclic) bond motifs is 1. The van der Waals surface area contributed by atoms with Gasteiger partial charge in [0.25, 0.3) is 0 Å². The van der Waals surface area contributed by atoms with E-state index >= 15 is 0 Å². The van der Waals surface area contributed by atoms with Gasteiger partial charge in [0.2, 0.25) is 0 Å². The Morgan fingerprint density at radius 3 is 2.55 bits per heavy atom. The van der Waals surface area contributed by atoms with E-state index in [4.69, 9.17) is 0 Å². The van der Waals surface area contributed by atoms with Crippen LogP contribution in [0.4, 0.5) is 0 Å². The molecule has 2 aromatic carbocycles. The third-order valence-electron chi connectivity index (χ3n) is 5.67. The molecule has 0 saturated carbocycles. The molecule has 4 nitrogen and oxygen atoms in total. The molecule has 0 saturated heterocycles. The second-order valence-corrected chi connectivity index (χ2v) is 7.44. The molecule has 0 bridgehead atoms. The number of carboxylic acid groups (broad SMARTS) is 1. The maximum absolute atomic E-state index is 11.5. The molecular weight excluding hydrogens is 360 g/mol. The Morgan fingerprint density at radius 2 is 1.83 bits per heavy atom. The lowest BCUT2D eigenvalue weighted by Gasteiger charge is -2.17. The zero-order chi connectivity index (χ0) is 20.4. The molecule has 0 amide bonds. The standard InChI is InChI=1S/C25H24N2O2/c1-3-17(2)20-13-15-27-24(12-14-26-27)23(20)16-18-8-10-19(11-9-18)21-6-4-5-7-22(21)25(28)29/h4-15,17H,3,16H2,1-2H3,(H,28,29). The molecule has 1 atom stereocenters. The van der Waals surface area contributed by atoms with Crippen molar-refractivity contribution in [1.29, 1.82) is 0 Å². The van der Waals surface area contributed by atoms with Gasteiger partial charge in [-0.3, -0.25) is 0 Å². The van der Waals surface area contributed by atoms with Gasteiger partial charge < -0.3 is 5.11 Å². The molecular formula is C25H24N2O2. The van der Waals surface area contributed by atoms with Crippen molar-refractivity contribution in [2.45, 2.75) is 32.6 Å². The molecule has 1 N–H and O–H groups in total. The molecule has 1 unspecified atom stereocenters. The van der Waals surface area contributed by atoms with E-state index < -0.39 is 5.97 Å². The number of pyridine rings is 1. The smallest absolute Gasteiger partial charge is 0.336 e. The van der Waals surface area contributed by atoms with Gasteiger partial charge in [-0.2, -0.15) is 5.10 Å². The summed E-state index contributed by atoms with van der Waals surface area (Å²) in [5, 5.41) is 13.8. The highest BCUT2D eigenvalue weighted by Gasteiger charge is 2.15. The number of aromatic nitrogens is 2. The van der Waals surface area contributed by atoms with E-state index in [1.165, 1.54) is 16.7 Å². The summed E-state index contributed by atoms with van der Waals surface area (Å²) in [5.74, 6) is -0.429. The van der Waals surface area contributed by atoms with Gasteiger partial charge in [0.1, 0.15) is 0 Å². The lowest BCUT2D eigenvalue weighted by Crippen LogP contribution is -2.04. The highest BCUT2D eigenvalue weighted by Crippen LogP contribution is 2.29. The topological polar surface area (TPSA) is 54.6 Å². The van der Waals surface area contributed by atoms with E-state index in [0.29, 0.717) is 11.5 Å². The lowest BCUT2D eigenvalue weighted by molar-refractivity contribution is 0.0697. The second-order valence-electron chi connectivity index (χ2n) is 7.44. The summed E-state index contributed by atoms with van der Waals surface area (Å²) in [5.41, 5.74) is 6.98. The van der Waals surface area contributed by atoms with Gasteiger partial charge in [-0.25, -0.2) is 9.31 Å². The first-order valence-corrected chi connectivity index (χ1v) is 9.95. The number of hydrogen-bond acceptors (Lipinski definition) is 2. The van der Waals surface area contributed by atoms with Crippen LogP contribution in [0.15, 0.2) is 73.1 Å². The van der Waals surface area contributed by atoms with Crippen molar-refractivity contribution in [3.63, 3.8) is 0 Å². The van der Waals surface area contributed by atoms with Crippen molar-refractivity contribution in [3.8, 4) is 11.1 Å². The van der Waals surface area contributed by atoms with E-state index in [2.05, 4.69) is 43.2 Å². The first-order chi connectivity index (χ1) is 14.1. The van der Waals surface area contributed by atoms with Gasteiger partial charge in [-0.05, 0) is 64.8 Å². The van der Waals surface area contributed by atoms with Gasteiger partial charge >= 0.3 is 5.97 Å². The summed E-state index contributed by atoms with van der Waals surface area (Å²) in [6.07, 6.45) is 5.77. The lowest BCUT2D eigenvalue weighted by atomic mass is 9.90. The summed E-state index contributed by atoms with van der Waals surface area (Å²) in [4.78, 5) is 11.5. The Hall–Kier alpha value is -3.40. The Morgan fingerprint density at radius 1 is 1.07 bits per heavy atom. The fraction of sp³-hybridized carbons (Fsp3) is 0.200. The predicted molar refractivity (Wildman–Crippen MR) is 116 cm³/mol. The molecule has 4 aromatic rings. The Bertz CT molecular complexity index is 1160. The average Bonchev–Trinajstić information content (AvgIpc) is 3.23. The summed E-state index contributed by atoms with van der Waals surface area (Å²) in [6, 6.07) is 19.6. The van der Waals surface area contributed by atoms with Crippen LogP contribution in [0.25, 0.3) is 16.6 Å². The maximum Gasteiger partial charge on any atom is 0.336 e. The van der Waals surface area contributed by atoms with Crippen LogP contribution in [0, 0.1) is 0 Å². The summed E-state index contributed by atoms with van der Waals surface area (Å²) in [6.45, 7) is 4.47. The van der Waals surface area contributed by atoms with Crippen LogP contribution in [0.5, 0.6) is 0 Å². The molecule has 2 heterocycles. The van der Waals surface area contributed by atoms with E-state index in [0.717, 1.165) is 29.5 Å². The van der Waals surface area contributed by atoms with E-state index in [1.807, 2.05) is 41.2 Å². The van der Waals surface area contributed by atoms with Crippen LogP contribution >= 0.6 is 0 Å². The van der Waals surface area contributed by atoms with Crippen LogP contribution in [-0.2, 0) is 6.42 Å².